The topological polar surface area (TPSA) is 70.3 Å². The van der Waals surface area contributed by atoms with E-state index >= 15 is 0 Å². The van der Waals surface area contributed by atoms with Gasteiger partial charge in [-0.1, -0.05) is 6.07 Å². The average molecular weight is 245 g/mol. The van der Waals surface area contributed by atoms with Gasteiger partial charge < -0.3 is 15.2 Å². The highest BCUT2D eigenvalue weighted by atomic mass is 16.5. The Labute approximate surface area is 106 Å². The van der Waals surface area contributed by atoms with Crippen molar-refractivity contribution in [1.29, 1.82) is 0 Å². The summed E-state index contributed by atoms with van der Waals surface area (Å²) in [7, 11) is 3.21. The summed E-state index contributed by atoms with van der Waals surface area (Å²) in [4.78, 5) is 8.15. The number of nitrogens with zero attached hydrogens (tertiary/aromatic N) is 2. The molecule has 0 amide bonds. The Morgan fingerprint density at radius 2 is 1.83 bits per heavy atom. The van der Waals surface area contributed by atoms with Crippen LogP contribution < -0.4 is 15.2 Å². The predicted molar refractivity (Wildman–Crippen MR) is 69.7 cm³/mol. The second-order valence-electron chi connectivity index (χ2n) is 3.80. The molecule has 0 spiro atoms. The van der Waals surface area contributed by atoms with Crippen LogP contribution in [0.5, 0.6) is 11.5 Å². The molecule has 1 heterocycles. The number of aryl methyl sites for hydroxylation is 1. The molecule has 18 heavy (non-hydrogen) atoms. The molecule has 1 aromatic heterocycles. The van der Waals surface area contributed by atoms with Gasteiger partial charge in [0.15, 0.2) is 11.5 Å². The SMILES string of the molecule is COc1ccc(-c2cnc(N)nc2C)cc1OC. The van der Waals surface area contributed by atoms with Crippen molar-refractivity contribution in [2.75, 3.05) is 20.0 Å². The van der Waals surface area contributed by atoms with Crippen LogP contribution in [0.2, 0.25) is 0 Å². The molecule has 0 saturated heterocycles. The molecule has 0 aliphatic rings. The molecular weight excluding hydrogens is 230 g/mol. The lowest BCUT2D eigenvalue weighted by atomic mass is 10.1. The summed E-state index contributed by atoms with van der Waals surface area (Å²) in [5, 5.41) is 0. The zero-order chi connectivity index (χ0) is 13.1. The summed E-state index contributed by atoms with van der Waals surface area (Å²) in [5.74, 6) is 1.64. The number of anilines is 1. The molecule has 0 aliphatic heterocycles. The van der Waals surface area contributed by atoms with Crippen molar-refractivity contribution >= 4 is 5.95 Å². The molecule has 94 valence electrons. The van der Waals surface area contributed by atoms with Gasteiger partial charge in [0.1, 0.15) is 0 Å². The maximum absolute atomic E-state index is 5.54. The highest BCUT2D eigenvalue weighted by molar-refractivity contribution is 5.68. The van der Waals surface area contributed by atoms with Gasteiger partial charge in [-0.05, 0) is 24.6 Å². The first kappa shape index (κ1) is 12.2. The summed E-state index contributed by atoms with van der Waals surface area (Å²) >= 11 is 0. The second-order valence-corrected chi connectivity index (χ2v) is 3.80. The standard InChI is InChI=1S/C13H15N3O2/c1-8-10(7-15-13(14)16-8)9-4-5-11(17-2)12(6-9)18-3/h4-7H,1-3H3,(H2,14,15,16). The Morgan fingerprint density at radius 1 is 1.11 bits per heavy atom. The number of rotatable bonds is 3. The van der Waals surface area contributed by atoms with Gasteiger partial charge in [-0.3, -0.25) is 0 Å². The van der Waals surface area contributed by atoms with Gasteiger partial charge in [-0.25, -0.2) is 9.97 Å². The third-order valence-corrected chi connectivity index (χ3v) is 2.69. The van der Waals surface area contributed by atoms with Crippen LogP contribution in [-0.2, 0) is 0 Å². The molecule has 0 unspecified atom stereocenters. The first-order valence-electron chi connectivity index (χ1n) is 5.47. The van der Waals surface area contributed by atoms with E-state index in [0.29, 0.717) is 11.5 Å². The van der Waals surface area contributed by atoms with E-state index in [1.165, 1.54) is 0 Å². The van der Waals surface area contributed by atoms with Crippen LogP contribution in [0.25, 0.3) is 11.1 Å². The van der Waals surface area contributed by atoms with Gasteiger partial charge in [0.25, 0.3) is 0 Å². The van der Waals surface area contributed by atoms with Crippen molar-refractivity contribution < 1.29 is 9.47 Å². The van der Waals surface area contributed by atoms with Gasteiger partial charge in [-0.2, -0.15) is 0 Å². The number of hydrogen-bond donors (Lipinski definition) is 1. The quantitative estimate of drug-likeness (QED) is 0.896. The van der Waals surface area contributed by atoms with Crippen molar-refractivity contribution in [1.82, 2.24) is 9.97 Å². The summed E-state index contributed by atoms with van der Waals surface area (Å²) in [6, 6.07) is 5.67. The maximum atomic E-state index is 5.54. The van der Waals surface area contributed by atoms with E-state index in [-0.39, 0.29) is 5.95 Å². The molecule has 0 atom stereocenters. The largest absolute Gasteiger partial charge is 0.493 e. The number of ether oxygens (including phenoxy) is 2. The van der Waals surface area contributed by atoms with E-state index in [9.17, 15) is 0 Å². The van der Waals surface area contributed by atoms with Crippen LogP contribution in [0.3, 0.4) is 0 Å². The van der Waals surface area contributed by atoms with Crippen LogP contribution in [0.4, 0.5) is 5.95 Å². The van der Waals surface area contributed by atoms with E-state index in [1.54, 1.807) is 20.4 Å². The predicted octanol–water partition coefficient (Wildman–Crippen LogP) is 2.05. The molecule has 0 fully saturated rings. The van der Waals surface area contributed by atoms with Crippen LogP contribution in [0.1, 0.15) is 5.69 Å². The Bertz CT molecular complexity index is 570. The Hall–Kier alpha value is -2.30. The number of benzene rings is 1. The lowest BCUT2D eigenvalue weighted by Crippen LogP contribution is -1.98. The summed E-state index contributed by atoms with van der Waals surface area (Å²) < 4.78 is 10.5. The molecule has 2 N–H and O–H groups in total. The number of methoxy groups -OCH3 is 2. The van der Waals surface area contributed by atoms with Crippen LogP contribution in [-0.4, -0.2) is 24.2 Å². The normalized spacial score (nSPS) is 10.2. The van der Waals surface area contributed by atoms with Gasteiger partial charge in [0.2, 0.25) is 5.95 Å². The van der Waals surface area contributed by atoms with Gasteiger partial charge >= 0.3 is 0 Å². The van der Waals surface area contributed by atoms with Crippen LogP contribution >= 0.6 is 0 Å². The third kappa shape index (κ3) is 2.20. The Morgan fingerprint density at radius 3 is 2.44 bits per heavy atom. The van der Waals surface area contributed by atoms with Crippen molar-refractivity contribution in [2.45, 2.75) is 6.92 Å². The molecule has 2 rings (SSSR count). The fourth-order valence-electron chi connectivity index (χ4n) is 1.77. The lowest BCUT2D eigenvalue weighted by molar-refractivity contribution is 0.355. The zero-order valence-corrected chi connectivity index (χ0v) is 10.6. The van der Waals surface area contributed by atoms with E-state index in [2.05, 4.69) is 9.97 Å². The maximum Gasteiger partial charge on any atom is 0.220 e. The first-order valence-corrected chi connectivity index (χ1v) is 5.47. The lowest BCUT2D eigenvalue weighted by Gasteiger charge is -2.10. The smallest absolute Gasteiger partial charge is 0.220 e. The van der Waals surface area contributed by atoms with E-state index in [4.69, 9.17) is 15.2 Å². The van der Waals surface area contributed by atoms with E-state index in [0.717, 1.165) is 16.8 Å². The molecule has 5 heteroatoms. The molecule has 0 bridgehead atoms. The van der Waals surface area contributed by atoms with Crippen molar-refractivity contribution in [2.24, 2.45) is 0 Å². The monoisotopic (exact) mass is 245 g/mol. The molecule has 0 saturated carbocycles. The van der Waals surface area contributed by atoms with E-state index in [1.807, 2.05) is 25.1 Å². The third-order valence-electron chi connectivity index (χ3n) is 2.69. The minimum absolute atomic E-state index is 0.275. The molecule has 2 aromatic rings. The molecule has 0 radical (unpaired) electrons. The average Bonchev–Trinajstić information content (AvgIpc) is 2.38. The van der Waals surface area contributed by atoms with Gasteiger partial charge in [0, 0.05) is 11.8 Å². The Balaban J connectivity index is 2.51. The molecule has 0 aliphatic carbocycles. The fraction of sp³-hybridized carbons (Fsp3) is 0.231. The number of hydrogen-bond acceptors (Lipinski definition) is 5. The van der Waals surface area contributed by atoms with Crippen molar-refractivity contribution in [3.05, 3.63) is 30.1 Å². The summed E-state index contributed by atoms with van der Waals surface area (Å²) in [5.41, 5.74) is 8.25. The van der Waals surface area contributed by atoms with E-state index < -0.39 is 0 Å². The number of nitrogen functional groups attached to an aromatic ring is 1. The summed E-state index contributed by atoms with van der Waals surface area (Å²) in [6.45, 7) is 1.89. The van der Waals surface area contributed by atoms with Crippen LogP contribution in [0.15, 0.2) is 24.4 Å². The van der Waals surface area contributed by atoms with Crippen LogP contribution in [0, 0.1) is 6.92 Å². The van der Waals surface area contributed by atoms with Gasteiger partial charge in [-0.15, -0.1) is 0 Å². The zero-order valence-electron chi connectivity index (χ0n) is 10.6. The van der Waals surface area contributed by atoms with Gasteiger partial charge in [0.05, 0.1) is 19.9 Å². The number of nitrogens with two attached hydrogens (primary N) is 1. The minimum atomic E-state index is 0.275. The molecule has 1 aromatic carbocycles. The molecule has 5 nitrogen and oxygen atoms in total. The fourth-order valence-corrected chi connectivity index (χ4v) is 1.77. The number of aromatic nitrogens is 2. The highest BCUT2D eigenvalue weighted by Crippen LogP contribution is 2.32. The van der Waals surface area contributed by atoms with Crippen molar-refractivity contribution in [3.63, 3.8) is 0 Å². The summed E-state index contributed by atoms with van der Waals surface area (Å²) in [6.07, 6.45) is 1.71. The second kappa shape index (κ2) is 4.91. The first-order chi connectivity index (χ1) is 8.65. The Kier molecular flexibility index (Phi) is 3.32. The minimum Gasteiger partial charge on any atom is -0.493 e. The van der Waals surface area contributed by atoms with Crippen molar-refractivity contribution in [3.8, 4) is 22.6 Å². The highest BCUT2D eigenvalue weighted by Gasteiger charge is 2.09. The molecular formula is C13H15N3O2.